The van der Waals surface area contributed by atoms with Gasteiger partial charge in [0.2, 0.25) is 0 Å². The molecule has 0 radical (unpaired) electrons. The van der Waals surface area contributed by atoms with E-state index in [0.29, 0.717) is 5.75 Å². The average molecular weight is 430 g/mol. The van der Waals surface area contributed by atoms with Crippen LogP contribution in [-0.4, -0.2) is 44.7 Å². The molecule has 9 heteroatoms. The van der Waals surface area contributed by atoms with E-state index in [2.05, 4.69) is 15.6 Å². The number of aryl methyl sites for hydroxylation is 1. The lowest BCUT2D eigenvalue weighted by molar-refractivity contribution is -0.142. The second-order valence-electron chi connectivity index (χ2n) is 6.63. The first-order valence-electron chi connectivity index (χ1n) is 9.47. The van der Waals surface area contributed by atoms with Gasteiger partial charge in [-0.3, -0.25) is 20.4 Å². The Morgan fingerprint density at radius 2 is 1.71 bits per heavy atom. The molecule has 0 aromatic heterocycles. The summed E-state index contributed by atoms with van der Waals surface area (Å²) in [6.07, 6.45) is -0.829. The van der Waals surface area contributed by atoms with Crippen LogP contribution in [0.25, 0.3) is 0 Å². The van der Waals surface area contributed by atoms with Crippen molar-refractivity contribution in [2.24, 2.45) is 0 Å². The summed E-state index contributed by atoms with van der Waals surface area (Å²) in [7, 11) is 2.65. The van der Waals surface area contributed by atoms with E-state index in [-0.39, 0.29) is 23.7 Å². The fraction of sp³-hybridized carbons (Fsp3) is 0.318. The molecular formula is C22H26N2O7. The molecule has 2 amide bonds. The molecular weight excluding hydrogens is 404 g/mol. The summed E-state index contributed by atoms with van der Waals surface area (Å²) in [6.45, 7) is 5.14. The highest BCUT2D eigenvalue weighted by Gasteiger charge is 2.18. The summed E-state index contributed by atoms with van der Waals surface area (Å²) in [5.41, 5.74) is 6.87. The molecule has 2 N–H and O–H groups in total. The number of methoxy groups -OCH3 is 2. The largest absolute Gasteiger partial charge is 0.493 e. The molecule has 31 heavy (non-hydrogen) atoms. The number of carbonyl (C=O) groups excluding carboxylic acids is 3. The quantitative estimate of drug-likeness (QED) is 0.487. The Balaban J connectivity index is 1.95. The van der Waals surface area contributed by atoms with Crippen molar-refractivity contribution in [3.8, 4) is 17.2 Å². The molecule has 0 spiro atoms. The Morgan fingerprint density at radius 1 is 0.968 bits per heavy atom. The predicted octanol–water partition coefficient (Wildman–Crippen LogP) is 2.09. The van der Waals surface area contributed by atoms with Gasteiger partial charge in [-0.1, -0.05) is 12.1 Å². The highest BCUT2D eigenvalue weighted by Crippen LogP contribution is 2.28. The third-order valence-electron chi connectivity index (χ3n) is 4.53. The maximum atomic E-state index is 12.4. The second kappa shape index (κ2) is 10.9. The van der Waals surface area contributed by atoms with Crippen LogP contribution in [0.3, 0.4) is 0 Å². The Morgan fingerprint density at radius 3 is 2.39 bits per heavy atom. The van der Waals surface area contributed by atoms with E-state index in [4.69, 9.17) is 14.2 Å². The van der Waals surface area contributed by atoms with Crippen LogP contribution in [0, 0.1) is 13.8 Å². The fourth-order valence-electron chi connectivity index (χ4n) is 2.51. The maximum absolute atomic E-state index is 12.4. The van der Waals surface area contributed by atoms with Crippen molar-refractivity contribution >= 4 is 17.8 Å². The molecule has 2 rings (SSSR count). The zero-order valence-corrected chi connectivity index (χ0v) is 18.1. The van der Waals surface area contributed by atoms with Crippen LogP contribution in [0.15, 0.2) is 36.4 Å². The van der Waals surface area contributed by atoms with Crippen LogP contribution in [0.5, 0.6) is 17.2 Å². The predicted molar refractivity (Wildman–Crippen MR) is 112 cm³/mol. The molecule has 0 fully saturated rings. The van der Waals surface area contributed by atoms with Gasteiger partial charge < -0.3 is 18.9 Å². The standard InChI is InChI=1S/C22H26N2O7/c1-13-7-6-8-17(14(13)2)31-15(3)21(26)23-24-22(27)16-9-10-18(19(11-16)28-4)30-12-20(25)29-5/h6-11,15H,12H2,1-5H3,(H,23,26)(H,24,27). The maximum Gasteiger partial charge on any atom is 0.343 e. The molecule has 166 valence electrons. The van der Waals surface area contributed by atoms with Gasteiger partial charge in [0.15, 0.2) is 24.2 Å². The summed E-state index contributed by atoms with van der Waals surface area (Å²) >= 11 is 0. The van der Waals surface area contributed by atoms with E-state index < -0.39 is 23.9 Å². The van der Waals surface area contributed by atoms with E-state index in [1.165, 1.54) is 32.4 Å². The smallest absolute Gasteiger partial charge is 0.343 e. The Hall–Kier alpha value is -3.75. The van der Waals surface area contributed by atoms with Gasteiger partial charge in [-0.15, -0.1) is 0 Å². The van der Waals surface area contributed by atoms with Crippen LogP contribution < -0.4 is 25.1 Å². The first-order valence-corrected chi connectivity index (χ1v) is 9.47. The third kappa shape index (κ3) is 6.36. The molecule has 2 aromatic rings. The van der Waals surface area contributed by atoms with Crippen LogP contribution in [-0.2, 0) is 14.3 Å². The van der Waals surface area contributed by atoms with Crippen molar-refractivity contribution in [2.45, 2.75) is 26.9 Å². The number of benzene rings is 2. The zero-order chi connectivity index (χ0) is 23.0. The molecule has 0 bridgehead atoms. The minimum Gasteiger partial charge on any atom is -0.493 e. The van der Waals surface area contributed by atoms with Crippen LogP contribution >= 0.6 is 0 Å². The Bertz CT molecular complexity index is 959. The van der Waals surface area contributed by atoms with Crippen molar-refractivity contribution in [2.75, 3.05) is 20.8 Å². The molecule has 0 saturated heterocycles. The number of ether oxygens (including phenoxy) is 4. The number of esters is 1. The van der Waals surface area contributed by atoms with Crippen molar-refractivity contribution < 1.29 is 33.3 Å². The molecule has 0 heterocycles. The number of rotatable bonds is 8. The average Bonchev–Trinajstić information content (AvgIpc) is 2.78. The summed E-state index contributed by atoms with van der Waals surface area (Å²) in [5, 5.41) is 0. The van der Waals surface area contributed by atoms with Crippen molar-refractivity contribution in [3.63, 3.8) is 0 Å². The van der Waals surface area contributed by atoms with E-state index in [0.717, 1.165) is 11.1 Å². The van der Waals surface area contributed by atoms with Gasteiger partial charge in [0.1, 0.15) is 5.75 Å². The summed E-state index contributed by atoms with van der Waals surface area (Å²) in [5.74, 6) is -0.520. The molecule has 0 saturated carbocycles. The Kier molecular flexibility index (Phi) is 8.25. The SMILES string of the molecule is COC(=O)COc1ccc(C(=O)NNC(=O)C(C)Oc2cccc(C)c2C)cc1OC. The summed E-state index contributed by atoms with van der Waals surface area (Å²) in [6, 6.07) is 9.94. The number of hydrazine groups is 1. The van der Waals surface area contributed by atoms with Crippen molar-refractivity contribution in [3.05, 3.63) is 53.1 Å². The minimum atomic E-state index is -0.829. The molecule has 1 unspecified atom stereocenters. The van der Waals surface area contributed by atoms with Gasteiger partial charge in [0, 0.05) is 5.56 Å². The van der Waals surface area contributed by atoms with E-state index in [1.54, 1.807) is 13.0 Å². The summed E-state index contributed by atoms with van der Waals surface area (Å²) in [4.78, 5) is 35.9. The Labute approximate surface area is 180 Å². The number of hydrogen-bond donors (Lipinski definition) is 2. The zero-order valence-electron chi connectivity index (χ0n) is 18.1. The van der Waals surface area contributed by atoms with E-state index >= 15 is 0 Å². The monoisotopic (exact) mass is 430 g/mol. The number of carbonyl (C=O) groups is 3. The molecule has 0 aliphatic heterocycles. The number of amides is 2. The van der Waals surface area contributed by atoms with Crippen LogP contribution in [0.4, 0.5) is 0 Å². The highest BCUT2D eigenvalue weighted by molar-refractivity contribution is 5.96. The molecule has 0 aliphatic carbocycles. The first kappa shape index (κ1) is 23.5. The van der Waals surface area contributed by atoms with Gasteiger partial charge in [0.05, 0.1) is 14.2 Å². The highest BCUT2D eigenvalue weighted by atomic mass is 16.6. The van der Waals surface area contributed by atoms with Crippen molar-refractivity contribution in [1.29, 1.82) is 0 Å². The van der Waals surface area contributed by atoms with Crippen LogP contribution in [0.2, 0.25) is 0 Å². The second-order valence-corrected chi connectivity index (χ2v) is 6.63. The molecule has 0 aliphatic rings. The first-order chi connectivity index (χ1) is 14.8. The van der Waals surface area contributed by atoms with Gasteiger partial charge in [-0.2, -0.15) is 0 Å². The fourth-order valence-corrected chi connectivity index (χ4v) is 2.51. The van der Waals surface area contributed by atoms with Crippen LogP contribution in [0.1, 0.15) is 28.4 Å². The van der Waals surface area contributed by atoms with Gasteiger partial charge in [-0.05, 0) is 56.2 Å². The van der Waals surface area contributed by atoms with E-state index in [9.17, 15) is 14.4 Å². The number of nitrogens with one attached hydrogen (secondary N) is 2. The molecule has 2 aromatic carbocycles. The molecule has 1 atom stereocenters. The molecule has 9 nitrogen and oxygen atoms in total. The van der Waals surface area contributed by atoms with Gasteiger partial charge >= 0.3 is 5.97 Å². The van der Waals surface area contributed by atoms with E-state index in [1.807, 2.05) is 26.0 Å². The lowest BCUT2D eigenvalue weighted by atomic mass is 10.1. The number of hydrogen-bond acceptors (Lipinski definition) is 7. The minimum absolute atomic E-state index is 0.214. The van der Waals surface area contributed by atoms with Gasteiger partial charge in [0.25, 0.3) is 11.8 Å². The third-order valence-corrected chi connectivity index (χ3v) is 4.53. The lowest BCUT2D eigenvalue weighted by Gasteiger charge is -2.17. The lowest BCUT2D eigenvalue weighted by Crippen LogP contribution is -2.47. The van der Waals surface area contributed by atoms with Crippen molar-refractivity contribution in [1.82, 2.24) is 10.9 Å². The van der Waals surface area contributed by atoms with Gasteiger partial charge in [-0.25, -0.2) is 4.79 Å². The normalized spacial score (nSPS) is 11.1. The summed E-state index contributed by atoms with van der Waals surface area (Å²) < 4.78 is 20.7. The topological polar surface area (TPSA) is 112 Å².